The summed E-state index contributed by atoms with van der Waals surface area (Å²) < 4.78 is 19.2. The number of piperidine rings is 1. The lowest BCUT2D eigenvalue weighted by Crippen LogP contribution is -2.39. The maximum Gasteiger partial charge on any atom is 0.224 e. The predicted octanol–water partition coefficient (Wildman–Crippen LogP) is 4.70. The first-order valence-corrected chi connectivity index (χ1v) is 11.0. The van der Waals surface area contributed by atoms with Crippen molar-refractivity contribution in [2.24, 2.45) is 5.92 Å². The van der Waals surface area contributed by atoms with Gasteiger partial charge in [0, 0.05) is 44.0 Å². The van der Waals surface area contributed by atoms with Gasteiger partial charge in [-0.05, 0) is 61.8 Å². The molecule has 1 amide bonds. The Balaban J connectivity index is 1.19. The third-order valence-electron chi connectivity index (χ3n) is 5.68. The van der Waals surface area contributed by atoms with Crippen LogP contribution in [0, 0.1) is 11.7 Å². The molecule has 1 saturated heterocycles. The molecule has 0 unspecified atom stereocenters. The summed E-state index contributed by atoms with van der Waals surface area (Å²) in [5.41, 5.74) is 1.45. The molecule has 5 nitrogen and oxygen atoms in total. The Morgan fingerprint density at radius 2 is 2.00 bits per heavy atom. The number of nitrogens with one attached hydrogen (secondary N) is 1. The second-order valence-corrected chi connectivity index (χ2v) is 8.65. The maximum absolute atomic E-state index is 13.2. The largest absolute Gasteiger partial charge is 0.474 e. The van der Waals surface area contributed by atoms with Crippen molar-refractivity contribution >= 4 is 23.2 Å². The zero-order valence-corrected chi connectivity index (χ0v) is 17.7. The number of pyridine rings is 1. The highest BCUT2D eigenvalue weighted by molar-refractivity contribution is 6.31. The number of hydrogen-bond donors (Lipinski definition) is 1. The molecule has 2 heterocycles. The number of amides is 1. The minimum Gasteiger partial charge on any atom is -0.474 e. The van der Waals surface area contributed by atoms with Crippen LogP contribution in [0.3, 0.4) is 0 Å². The van der Waals surface area contributed by atoms with E-state index in [1.54, 1.807) is 6.20 Å². The normalized spacial score (nSPS) is 17.7. The van der Waals surface area contributed by atoms with Crippen molar-refractivity contribution in [3.05, 3.63) is 52.9 Å². The molecule has 1 aromatic carbocycles. The zero-order chi connectivity index (χ0) is 20.9. The fourth-order valence-corrected chi connectivity index (χ4v) is 3.91. The van der Waals surface area contributed by atoms with Gasteiger partial charge in [0.25, 0.3) is 0 Å². The first-order valence-electron chi connectivity index (χ1n) is 10.6. The van der Waals surface area contributed by atoms with Crippen LogP contribution in [0.15, 0.2) is 36.5 Å². The molecule has 7 heteroatoms. The summed E-state index contributed by atoms with van der Waals surface area (Å²) in [5.74, 6) is 0.917. The second-order valence-electron chi connectivity index (χ2n) is 8.24. The average Bonchev–Trinajstić information content (AvgIpc) is 3.56. The van der Waals surface area contributed by atoms with E-state index in [2.05, 4.69) is 15.2 Å². The van der Waals surface area contributed by atoms with Gasteiger partial charge >= 0.3 is 0 Å². The summed E-state index contributed by atoms with van der Waals surface area (Å²) in [7, 11) is 0. The molecule has 2 fully saturated rings. The number of carbonyl (C=O) groups excluding carboxylic acids is 1. The van der Waals surface area contributed by atoms with Gasteiger partial charge in [0.05, 0.1) is 5.02 Å². The number of anilines is 1. The summed E-state index contributed by atoms with van der Waals surface area (Å²) in [4.78, 5) is 19.1. The maximum atomic E-state index is 13.2. The topological polar surface area (TPSA) is 54.5 Å². The van der Waals surface area contributed by atoms with Gasteiger partial charge in [0.1, 0.15) is 11.9 Å². The van der Waals surface area contributed by atoms with Crippen molar-refractivity contribution in [1.29, 1.82) is 0 Å². The second kappa shape index (κ2) is 9.75. The van der Waals surface area contributed by atoms with Gasteiger partial charge in [0.15, 0.2) is 0 Å². The fraction of sp³-hybridized carbons (Fsp3) is 0.478. The third kappa shape index (κ3) is 6.16. The van der Waals surface area contributed by atoms with Crippen LogP contribution in [0.1, 0.15) is 37.7 Å². The molecule has 1 saturated carbocycles. The van der Waals surface area contributed by atoms with E-state index in [0.29, 0.717) is 24.4 Å². The SMILES string of the molecule is O=C(CCc1ccc(OC2CCN(CC3CC3)CC2)nc1)Nc1ccc(F)c(Cl)c1. The quantitative estimate of drug-likeness (QED) is 0.658. The number of aromatic nitrogens is 1. The Morgan fingerprint density at radius 1 is 1.20 bits per heavy atom. The summed E-state index contributed by atoms with van der Waals surface area (Å²) >= 11 is 5.74. The van der Waals surface area contributed by atoms with E-state index in [1.807, 2.05) is 12.1 Å². The number of rotatable bonds is 8. The summed E-state index contributed by atoms with van der Waals surface area (Å²) in [5, 5.41) is 2.71. The van der Waals surface area contributed by atoms with Crippen molar-refractivity contribution in [3.63, 3.8) is 0 Å². The Kier molecular flexibility index (Phi) is 6.85. The van der Waals surface area contributed by atoms with E-state index >= 15 is 0 Å². The zero-order valence-electron chi connectivity index (χ0n) is 16.9. The van der Waals surface area contributed by atoms with Crippen LogP contribution in [0.5, 0.6) is 5.88 Å². The molecular weight excluding hydrogens is 405 g/mol. The van der Waals surface area contributed by atoms with Crippen LogP contribution in [0.4, 0.5) is 10.1 Å². The first kappa shape index (κ1) is 21.1. The van der Waals surface area contributed by atoms with Gasteiger partial charge in [0.2, 0.25) is 11.8 Å². The minimum absolute atomic E-state index is 0.0128. The van der Waals surface area contributed by atoms with Gasteiger partial charge in [-0.25, -0.2) is 9.37 Å². The molecule has 0 spiro atoms. The third-order valence-corrected chi connectivity index (χ3v) is 5.97. The van der Waals surface area contributed by atoms with E-state index < -0.39 is 5.82 Å². The minimum atomic E-state index is -0.508. The van der Waals surface area contributed by atoms with Crippen molar-refractivity contribution in [3.8, 4) is 5.88 Å². The van der Waals surface area contributed by atoms with E-state index in [4.69, 9.17) is 16.3 Å². The lowest BCUT2D eigenvalue weighted by Gasteiger charge is -2.31. The Bertz CT molecular complexity index is 865. The van der Waals surface area contributed by atoms with Crippen molar-refractivity contribution in [2.75, 3.05) is 25.0 Å². The lowest BCUT2D eigenvalue weighted by molar-refractivity contribution is -0.116. The number of benzene rings is 1. The molecule has 1 aromatic heterocycles. The van der Waals surface area contributed by atoms with Crippen LogP contribution in [0.2, 0.25) is 5.02 Å². The fourth-order valence-electron chi connectivity index (χ4n) is 3.73. The van der Waals surface area contributed by atoms with Gasteiger partial charge in [-0.15, -0.1) is 0 Å². The average molecular weight is 432 g/mol. The molecule has 0 radical (unpaired) electrons. The number of carbonyl (C=O) groups is 1. The number of likely N-dealkylation sites (tertiary alicyclic amines) is 1. The summed E-state index contributed by atoms with van der Waals surface area (Å²) in [6.45, 7) is 3.46. The van der Waals surface area contributed by atoms with E-state index in [1.165, 1.54) is 37.6 Å². The molecule has 0 atom stereocenters. The molecule has 160 valence electrons. The number of ether oxygens (including phenoxy) is 1. The molecule has 2 aliphatic rings. The highest BCUT2D eigenvalue weighted by atomic mass is 35.5. The molecule has 4 rings (SSSR count). The van der Waals surface area contributed by atoms with Crippen LogP contribution in [-0.2, 0) is 11.2 Å². The molecule has 1 aliphatic heterocycles. The Labute approximate surface area is 181 Å². The molecular formula is C23H27ClFN3O2. The van der Waals surface area contributed by atoms with Crippen LogP contribution >= 0.6 is 11.6 Å². The number of aryl methyl sites for hydroxylation is 1. The van der Waals surface area contributed by atoms with E-state index in [9.17, 15) is 9.18 Å². The molecule has 30 heavy (non-hydrogen) atoms. The van der Waals surface area contributed by atoms with E-state index in [-0.39, 0.29) is 17.0 Å². The van der Waals surface area contributed by atoms with Crippen LogP contribution < -0.4 is 10.1 Å². The predicted molar refractivity (Wildman–Crippen MR) is 115 cm³/mol. The number of nitrogens with zero attached hydrogens (tertiary/aromatic N) is 2. The van der Waals surface area contributed by atoms with Gasteiger partial charge in [-0.3, -0.25) is 4.79 Å². The number of hydrogen-bond acceptors (Lipinski definition) is 4. The van der Waals surface area contributed by atoms with Gasteiger partial charge in [-0.1, -0.05) is 17.7 Å². The lowest BCUT2D eigenvalue weighted by atomic mass is 10.1. The van der Waals surface area contributed by atoms with Crippen LogP contribution in [0.25, 0.3) is 0 Å². The Morgan fingerprint density at radius 3 is 2.67 bits per heavy atom. The molecule has 1 aliphatic carbocycles. The summed E-state index contributed by atoms with van der Waals surface area (Å²) in [6.07, 6.45) is 7.74. The number of halogens is 2. The highest BCUT2D eigenvalue weighted by Gasteiger charge is 2.27. The first-order chi connectivity index (χ1) is 14.5. The van der Waals surface area contributed by atoms with Gasteiger partial charge < -0.3 is 15.0 Å². The summed E-state index contributed by atoms with van der Waals surface area (Å²) in [6, 6.07) is 7.95. The molecule has 0 bridgehead atoms. The van der Waals surface area contributed by atoms with Crippen molar-refractivity contribution in [2.45, 2.75) is 44.6 Å². The van der Waals surface area contributed by atoms with Crippen molar-refractivity contribution < 1.29 is 13.9 Å². The molecule has 2 aromatic rings. The van der Waals surface area contributed by atoms with Crippen molar-refractivity contribution in [1.82, 2.24) is 9.88 Å². The highest BCUT2D eigenvalue weighted by Crippen LogP contribution is 2.31. The Hall–Kier alpha value is -2.18. The standard InChI is InChI=1S/C23H27ClFN3O2/c24-20-13-18(5-6-21(20)25)27-22(29)7-3-16-4-8-23(26-14-16)30-19-9-11-28(12-10-19)15-17-1-2-17/h4-6,8,13-14,17,19H,1-3,7,9-12,15H2,(H,27,29). The van der Waals surface area contributed by atoms with E-state index in [0.717, 1.165) is 37.4 Å². The van der Waals surface area contributed by atoms with Gasteiger partial charge in [-0.2, -0.15) is 0 Å². The smallest absolute Gasteiger partial charge is 0.224 e. The monoisotopic (exact) mass is 431 g/mol. The molecule has 1 N–H and O–H groups in total. The van der Waals surface area contributed by atoms with Crippen LogP contribution in [-0.4, -0.2) is 41.5 Å².